The predicted molar refractivity (Wildman–Crippen MR) is 153 cm³/mol. The van der Waals surface area contributed by atoms with Crippen LogP contribution in [0.25, 0.3) is 38.3 Å². The number of nitrogens with zero attached hydrogens (tertiary/aromatic N) is 2. The molecule has 2 nitrogen and oxygen atoms in total. The molecule has 0 amide bonds. The van der Waals surface area contributed by atoms with Crippen LogP contribution in [-0.2, 0) is 0 Å². The molecule has 2 heteroatoms. The number of hydrogen-bond donors (Lipinski definition) is 0. The highest BCUT2D eigenvalue weighted by Gasteiger charge is 2.21. The first kappa shape index (κ1) is 20.5. The van der Waals surface area contributed by atoms with Gasteiger partial charge in [-0.1, -0.05) is 84.9 Å². The van der Waals surface area contributed by atoms with E-state index in [2.05, 4.69) is 155 Å². The molecule has 1 aromatic heterocycles. The van der Waals surface area contributed by atoms with E-state index in [0.29, 0.717) is 0 Å². The van der Waals surface area contributed by atoms with Gasteiger partial charge >= 0.3 is 0 Å². The van der Waals surface area contributed by atoms with Crippen molar-refractivity contribution in [3.63, 3.8) is 0 Å². The van der Waals surface area contributed by atoms with E-state index in [1.807, 2.05) is 0 Å². The minimum Gasteiger partial charge on any atom is -0.310 e. The van der Waals surface area contributed by atoms with Crippen LogP contribution in [0, 0.1) is 0 Å². The van der Waals surface area contributed by atoms with Gasteiger partial charge in [0.1, 0.15) is 0 Å². The molecule has 0 spiro atoms. The maximum Gasteiger partial charge on any atom is 0.0562 e. The van der Waals surface area contributed by atoms with Gasteiger partial charge in [-0.15, -0.1) is 0 Å². The van der Waals surface area contributed by atoms with Crippen LogP contribution in [0.2, 0.25) is 0 Å². The second-order valence-corrected chi connectivity index (χ2v) is 9.07. The van der Waals surface area contributed by atoms with Gasteiger partial charge in [0.2, 0.25) is 0 Å². The maximum atomic E-state index is 2.40. The molecule has 170 valence electrons. The van der Waals surface area contributed by atoms with E-state index in [0.717, 1.165) is 17.1 Å². The lowest BCUT2D eigenvalue weighted by atomic mass is 10.0. The standard InChI is InChI=1S/C34H24N2/c1-4-15-27(16-5-1)35(28-17-6-2-7-18-28)31-21-12-22-32-34(31)30-23-25-13-10-11-14-26(25)24-33(30)36(32)29-19-8-3-9-20-29/h1-24H. The Morgan fingerprint density at radius 2 is 1.00 bits per heavy atom. The van der Waals surface area contributed by atoms with E-state index >= 15 is 0 Å². The van der Waals surface area contributed by atoms with Crippen LogP contribution in [0.15, 0.2) is 146 Å². The molecular weight excluding hydrogens is 436 g/mol. The van der Waals surface area contributed by atoms with Crippen molar-refractivity contribution >= 4 is 49.6 Å². The van der Waals surface area contributed by atoms with Crippen LogP contribution in [0.3, 0.4) is 0 Å². The second-order valence-electron chi connectivity index (χ2n) is 9.07. The lowest BCUT2D eigenvalue weighted by molar-refractivity contribution is 1.18. The quantitative estimate of drug-likeness (QED) is 0.254. The topological polar surface area (TPSA) is 8.17 Å². The van der Waals surface area contributed by atoms with Crippen LogP contribution in [-0.4, -0.2) is 4.57 Å². The zero-order valence-corrected chi connectivity index (χ0v) is 19.8. The van der Waals surface area contributed by atoms with Gasteiger partial charge in [0, 0.05) is 27.8 Å². The largest absolute Gasteiger partial charge is 0.310 e. The van der Waals surface area contributed by atoms with Gasteiger partial charge in [-0.3, -0.25) is 0 Å². The van der Waals surface area contributed by atoms with Crippen LogP contribution in [0.4, 0.5) is 17.1 Å². The highest BCUT2D eigenvalue weighted by Crippen LogP contribution is 2.44. The van der Waals surface area contributed by atoms with Gasteiger partial charge in [0.05, 0.1) is 16.7 Å². The van der Waals surface area contributed by atoms with Gasteiger partial charge in [0.25, 0.3) is 0 Å². The molecule has 0 unspecified atom stereocenters. The van der Waals surface area contributed by atoms with Gasteiger partial charge in [-0.2, -0.15) is 0 Å². The second kappa shape index (κ2) is 8.44. The molecule has 0 aliphatic heterocycles. The molecule has 0 aliphatic rings. The van der Waals surface area contributed by atoms with Crippen LogP contribution < -0.4 is 4.90 Å². The Bertz CT molecular complexity index is 1780. The summed E-state index contributed by atoms with van der Waals surface area (Å²) in [6.07, 6.45) is 0. The summed E-state index contributed by atoms with van der Waals surface area (Å²) < 4.78 is 2.40. The van der Waals surface area contributed by atoms with E-state index in [1.165, 1.54) is 38.3 Å². The Hall–Kier alpha value is -4.82. The lowest BCUT2D eigenvalue weighted by Gasteiger charge is -2.26. The first-order chi connectivity index (χ1) is 17.9. The number of benzene rings is 6. The molecule has 0 radical (unpaired) electrons. The van der Waals surface area contributed by atoms with E-state index in [9.17, 15) is 0 Å². The summed E-state index contributed by atoms with van der Waals surface area (Å²) in [6.45, 7) is 0. The zero-order chi connectivity index (χ0) is 23.9. The van der Waals surface area contributed by atoms with Crippen molar-refractivity contribution in [2.45, 2.75) is 0 Å². The summed E-state index contributed by atoms with van der Waals surface area (Å²) in [4.78, 5) is 2.37. The third-order valence-corrected chi connectivity index (χ3v) is 6.92. The first-order valence-electron chi connectivity index (χ1n) is 12.3. The molecule has 0 saturated heterocycles. The molecular formula is C34H24N2. The summed E-state index contributed by atoms with van der Waals surface area (Å²) in [5, 5.41) is 4.99. The molecule has 0 N–H and O–H groups in total. The van der Waals surface area contributed by atoms with Crippen molar-refractivity contribution in [2.75, 3.05) is 4.90 Å². The average molecular weight is 461 g/mol. The summed E-state index contributed by atoms with van der Waals surface area (Å²) >= 11 is 0. The third-order valence-electron chi connectivity index (χ3n) is 6.92. The monoisotopic (exact) mass is 460 g/mol. The molecule has 7 rings (SSSR count). The summed E-state index contributed by atoms with van der Waals surface area (Å²) in [7, 11) is 0. The molecule has 0 fully saturated rings. The fraction of sp³-hybridized carbons (Fsp3) is 0. The Labute approximate surface area is 210 Å². The summed E-state index contributed by atoms with van der Waals surface area (Å²) in [6, 6.07) is 51.9. The minimum atomic E-state index is 1.14. The fourth-order valence-electron chi connectivity index (χ4n) is 5.36. The smallest absolute Gasteiger partial charge is 0.0562 e. The maximum absolute atomic E-state index is 2.40. The number of aromatic nitrogens is 1. The van der Waals surface area contributed by atoms with Gasteiger partial charge in [-0.05, 0) is 71.4 Å². The Balaban J connectivity index is 1.64. The van der Waals surface area contributed by atoms with Crippen molar-refractivity contribution in [3.05, 3.63) is 146 Å². The normalized spacial score (nSPS) is 11.3. The van der Waals surface area contributed by atoms with E-state index in [-0.39, 0.29) is 0 Å². The van der Waals surface area contributed by atoms with E-state index < -0.39 is 0 Å². The molecule has 7 aromatic rings. The highest BCUT2D eigenvalue weighted by atomic mass is 15.1. The molecule has 0 saturated carbocycles. The van der Waals surface area contributed by atoms with Gasteiger partial charge < -0.3 is 9.47 Å². The molecule has 6 aromatic carbocycles. The SMILES string of the molecule is c1ccc(N(c2ccccc2)c2cccc3c2c2cc4ccccc4cc2n3-c2ccccc2)cc1. The summed E-state index contributed by atoms with van der Waals surface area (Å²) in [5.74, 6) is 0. The van der Waals surface area contributed by atoms with Crippen molar-refractivity contribution in [1.82, 2.24) is 4.57 Å². The third kappa shape index (κ3) is 3.27. The Morgan fingerprint density at radius 3 is 1.64 bits per heavy atom. The van der Waals surface area contributed by atoms with Gasteiger partial charge in [-0.25, -0.2) is 0 Å². The lowest BCUT2D eigenvalue weighted by Crippen LogP contribution is -2.10. The number of anilines is 3. The number of fused-ring (bicyclic) bond motifs is 4. The predicted octanol–water partition coefficient (Wildman–Crippen LogP) is 9.41. The zero-order valence-electron chi connectivity index (χ0n) is 19.8. The van der Waals surface area contributed by atoms with Crippen LogP contribution >= 0.6 is 0 Å². The van der Waals surface area contributed by atoms with E-state index in [1.54, 1.807) is 0 Å². The van der Waals surface area contributed by atoms with Crippen LogP contribution in [0.1, 0.15) is 0 Å². The molecule has 0 bridgehead atoms. The van der Waals surface area contributed by atoms with Crippen molar-refractivity contribution in [2.24, 2.45) is 0 Å². The molecule has 36 heavy (non-hydrogen) atoms. The van der Waals surface area contributed by atoms with E-state index in [4.69, 9.17) is 0 Å². The molecule has 0 atom stereocenters. The average Bonchev–Trinajstić information content (AvgIpc) is 3.27. The van der Waals surface area contributed by atoms with Crippen LogP contribution in [0.5, 0.6) is 0 Å². The number of rotatable bonds is 4. The van der Waals surface area contributed by atoms with Crippen molar-refractivity contribution in [1.29, 1.82) is 0 Å². The summed E-state index contributed by atoms with van der Waals surface area (Å²) in [5.41, 5.74) is 7.01. The number of para-hydroxylation sites is 3. The Morgan fingerprint density at radius 1 is 0.444 bits per heavy atom. The molecule has 0 aliphatic carbocycles. The van der Waals surface area contributed by atoms with Gasteiger partial charge in [0.15, 0.2) is 0 Å². The highest BCUT2D eigenvalue weighted by molar-refractivity contribution is 6.19. The fourth-order valence-corrected chi connectivity index (χ4v) is 5.36. The van der Waals surface area contributed by atoms with Crippen molar-refractivity contribution < 1.29 is 0 Å². The Kier molecular flexibility index (Phi) is 4.82. The first-order valence-corrected chi connectivity index (χ1v) is 12.3. The molecule has 1 heterocycles. The van der Waals surface area contributed by atoms with Crippen molar-refractivity contribution in [3.8, 4) is 5.69 Å². The minimum absolute atomic E-state index is 1.14. The number of hydrogen-bond acceptors (Lipinski definition) is 1.